The second-order valence-electron chi connectivity index (χ2n) is 4.85. The van der Waals surface area contributed by atoms with Crippen molar-refractivity contribution in [2.24, 2.45) is 17.3 Å². The fourth-order valence-electron chi connectivity index (χ4n) is 2.81. The maximum absolute atomic E-state index is 2.50. The van der Waals surface area contributed by atoms with Crippen molar-refractivity contribution in [2.45, 2.75) is 46.0 Å². The largest absolute Gasteiger partial charge is 0.0882 e. The minimum absolute atomic E-state index is 0.733. The number of rotatable bonds is 2. The molecule has 1 unspecified atom stereocenters. The first-order valence-electron chi connectivity index (χ1n) is 5.42. The summed E-state index contributed by atoms with van der Waals surface area (Å²) in [5.41, 5.74) is 0.733. The smallest absolute Gasteiger partial charge is 0.0174 e. The predicted molar refractivity (Wildman–Crippen MR) is 53.0 cm³/mol. The van der Waals surface area contributed by atoms with Gasteiger partial charge in [-0.25, -0.2) is 0 Å². The molecule has 0 spiro atoms. The predicted octanol–water partition coefficient (Wildman–Crippen LogP) is 3.78. The SMILES string of the molecule is CC(C)C1(C2C=CCCC2)CC1. The molecule has 1 atom stereocenters. The fourth-order valence-corrected chi connectivity index (χ4v) is 2.81. The topological polar surface area (TPSA) is 0 Å². The number of hydrogen-bond acceptors (Lipinski definition) is 0. The van der Waals surface area contributed by atoms with E-state index in [1.54, 1.807) is 0 Å². The van der Waals surface area contributed by atoms with Crippen LogP contribution < -0.4 is 0 Å². The van der Waals surface area contributed by atoms with Gasteiger partial charge in [0.15, 0.2) is 0 Å². The van der Waals surface area contributed by atoms with E-state index in [1.165, 1.54) is 32.1 Å². The Hall–Kier alpha value is -0.260. The molecule has 1 saturated carbocycles. The fraction of sp³-hybridized carbons (Fsp3) is 0.833. The summed E-state index contributed by atoms with van der Waals surface area (Å²) in [5, 5.41) is 0. The molecule has 0 radical (unpaired) electrons. The highest BCUT2D eigenvalue weighted by molar-refractivity contribution is 5.09. The Kier molecular flexibility index (Phi) is 2.02. The molecule has 0 aromatic carbocycles. The third-order valence-corrected chi connectivity index (χ3v) is 3.97. The van der Waals surface area contributed by atoms with Gasteiger partial charge in [-0.1, -0.05) is 26.0 Å². The summed E-state index contributed by atoms with van der Waals surface area (Å²) >= 11 is 0. The van der Waals surface area contributed by atoms with Gasteiger partial charge in [0.2, 0.25) is 0 Å². The molecule has 0 N–H and O–H groups in total. The van der Waals surface area contributed by atoms with Gasteiger partial charge in [0.05, 0.1) is 0 Å². The average molecular weight is 164 g/mol. The van der Waals surface area contributed by atoms with Crippen LogP contribution >= 0.6 is 0 Å². The van der Waals surface area contributed by atoms with Crippen LogP contribution in [0.2, 0.25) is 0 Å². The van der Waals surface area contributed by atoms with Crippen molar-refractivity contribution in [2.75, 3.05) is 0 Å². The first-order chi connectivity index (χ1) is 5.76. The van der Waals surface area contributed by atoms with E-state index in [0.717, 1.165) is 17.3 Å². The van der Waals surface area contributed by atoms with Crippen molar-refractivity contribution < 1.29 is 0 Å². The van der Waals surface area contributed by atoms with E-state index in [9.17, 15) is 0 Å². The highest BCUT2D eigenvalue weighted by Gasteiger charge is 2.50. The molecule has 2 aliphatic carbocycles. The second kappa shape index (κ2) is 2.90. The van der Waals surface area contributed by atoms with Crippen molar-refractivity contribution in [3.8, 4) is 0 Å². The van der Waals surface area contributed by atoms with Crippen LogP contribution in [0.5, 0.6) is 0 Å². The molecule has 0 aromatic heterocycles. The molecule has 2 aliphatic rings. The maximum Gasteiger partial charge on any atom is -0.0174 e. The Morgan fingerprint density at radius 1 is 1.33 bits per heavy atom. The monoisotopic (exact) mass is 164 g/mol. The van der Waals surface area contributed by atoms with Crippen LogP contribution in [0.15, 0.2) is 12.2 Å². The first-order valence-corrected chi connectivity index (χ1v) is 5.42. The Labute approximate surface area is 76.1 Å². The molecule has 68 valence electrons. The van der Waals surface area contributed by atoms with Gasteiger partial charge in [0.25, 0.3) is 0 Å². The normalized spacial score (nSPS) is 32.4. The van der Waals surface area contributed by atoms with E-state index >= 15 is 0 Å². The van der Waals surface area contributed by atoms with E-state index in [0.29, 0.717) is 0 Å². The third-order valence-electron chi connectivity index (χ3n) is 3.97. The summed E-state index contributed by atoms with van der Waals surface area (Å²) in [6, 6.07) is 0. The molecule has 0 nitrogen and oxygen atoms in total. The van der Waals surface area contributed by atoms with Gasteiger partial charge in [0, 0.05) is 0 Å². The molecule has 0 aromatic rings. The minimum Gasteiger partial charge on any atom is -0.0882 e. The average Bonchev–Trinajstić information content (AvgIpc) is 2.86. The summed E-state index contributed by atoms with van der Waals surface area (Å²) in [5.74, 6) is 1.82. The molecule has 1 fully saturated rings. The van der Waals surface area contributed by atoms with E-state index in [4.69, 9.17) is 0 Å². The highest BCUT2D eigenvalue weighted by Crippen LogP contribution is 2.59. The zero-order valence-electron chi connectivity index (χ0n) is 8.34. The first kappa shape index (κ1) is 8.34. The molecule has 0 heterocycles. The van der Waals surface area contributed by atoms with Gasteiger partial charge >= 0.3 is 0 Å². The Morgan fingerprint density at radius 3 is 2.50 bits per heavy atom. The van der Waals surface area contributed by atoms with E-state index in [2.05, 4.69) is 26.0 Å². The summed E-state index contributed by atoms with van der Waals surface area (Å²) in [7, 11) is 0. The van der Waals surface area contributed by atoms with E-state index in [-0.39, 0.29) is 0 Å². The van der Waals surface area contributed by atoms with Crippen molar-refractivity contribution in [1.82, 2.24) is 0 Å². The van der Waals surface area contributed by atoms with Crippen LogP contribution in [0.25, 0.3) is 0 Å². The molecule has 0 heteroatoms. The molecular weight excluding hydrogens is 144 g/mol. The molecule has 0 aliphatic heterocycles. The summed E-state index contributed by atoms with van der Waals surface area (Å²) in [4.78, 5) is 0. The van der Waals surface area contributed by atoms with Gasteiger partial charge in [-0.2, -0.15) is 0 Å². The minimum atomic E-state index is 0.733. The molecule has 0 saturated heterocycles. The van der Waals surface area contributed by atoms with Crippen molar-refractivity contribution in [1.29, 1.82) is 0 Å². The Bertz CT molecular complexity index is 184. The van der Waals surface area contributed by atoms with Crippen LogP contribution in [-0.4, -0.2) is 0 Å². The van der Waals surface area contributed by atoms with Gasteiger partial charge < -0.3 is 0 Å². The van der Waals surface area contributed by atoms with Crippen LogP contribution in [0.3, 0.4) is 0 Å². The number of allylic oxidation sites excluding steroid dienone is 2. The quantitative estimate of drug-likeness (QED) is 0.545. The second-order valence-corrected chi connectivity index (χ2v) is 4.85. The van der Waals surface area contributed by atoms with Crippen LogP contribution in [0, 0.1) is 17.3 Å². The Balaban J connectivity index is 2.07. The molecule has 2 rings (SSSR count). The highest BCUT2D eigenvalue weighted by atomic mass is 14.5. The van der Waals surface area contributed by atoms with Gasteiger partial charge in [-0.15, -0.1) is 0 Å². The lowest BCUT2D eigenvalue weighted by atomic mass is 9.75. The van der Waals surface area contributed by atoms with Crippen molar-refractivity contribution in [3.63, 3.8) is 0 Å². The van der Waals surface area contributed by atoms with Crippen LogP contribution in [0.4, 0.5) is 0 Å². The maximum atomic E-state index is 2.50. The lowest BCUT2D eigenvalue weighted by molar-refractivity contribution is 0.247. The van der Waals surface area contributed by atoms with Crippen molar-refractivity contribution in [3.05, 3.63) is 12.2 Å². The van der Waals surface area contributed by atoms with E-state index in [1.807, 2.05) is 0 Å². The van der Waals surface area contributed by atoms with Crippen LogP contribution in [-0.2, 0) is 0 Å². The zero-order chi connectivity index (χ0) is 8.60. The van der Waals surface area contributed by atoms with Crippen molar-refractivity contribution >= 4 is 0 Å². The molecule has 0 bridgehead atoms. The van der Waals surface area contributed by atoms with Gasteiger partial charge in [-0.3, -0.25) is 0 Å². The van der Waals surface area contributed by atoms with Crippen LogP contribution in [0.1, 0.15) is 46.0 Å². The summed E-state index contributed by atoms with van der Waals surface area (Å²) in [6.07, 6.45) is 12.1. The standard InChI is InChI=1S/C12H20/c1-10(2)12(8-9-12)11-6-4-3-5-7-11/h4,6,10-11H,3,5,7-9H2,1-2H3. The van der Waals surface area contributed by atoms with E-state index < -0.39 is 0 Å². The third kappa shape index (κ3) is 1.22. The zero-order valence-corrected chi connectivity index (χ0v) is 8.34. The summed E-state index contributed by atoms with van der Waals surface area (Å²) < 4.78 is 0. The van der Waals surface area contributed by atoms with Gasteiger partial charge in [0.1, 0.15) is 0 Å². The Morgan fingerprint density at radius 2 is 2.08 bits per heavy atom. The number of hydrogen-bond donors (Lipinski definition) is 0. The molecular formula is C12H20. The molecule has 0 amide bonds. The lowest BCUT2D eigenvalue weighted by Gasteiger charge is -2.29. The molecule has 12 heavy (non-hydrogen) atoms. The summed E-state index contributed by atoms with van der Waals surface area (Å²) in [6.45, 7) is 4.80. The van der Waals surface area contributed by atoms with Gasteiger partial charge in [-0.05, 0) is 49.4 Å². The lowest BCUT2D eigenvalue weighted by Crippen LogP contribution is -2.21.